The van der Waals surface area contributed by atoms with E-state index < -0.39 is 11.3 Å². The van der Waals surface area contributed by atoms with Crippen LogP contribution in [0.1, 0.15) is 140 Å². The number of unbranched alkanes of at least 4 members (excludes halogenated alkanes) is 1. The number of amides is 1. The van der Waals surface area contributed by atoms with Crippen molar-refractivity contribution in [1.82, 2.24) is 15.3 Å². The number of ether oxygens (including phenoxy) is 6. The largest absolute Gasteiger partial charge is 0.382 e. The highest BCUT2D eigenvalue weighted by Crippen LogP contribution is 2.26. The van der Waals surface area contributed by atoms with Crippen LogP contribution in [0.15, 0.2) is 0 Å². The fourth-order valence-electron chi connectivity index (χ4n) is 4.89. The first-order valence-corrected chi connectivity index (χ1v) is 19.0. The van der Waals surface area contributed by atoms with E-state index in [4.69, 9.17) is 34.2 Å². The van der Waals surface area contributed by atoms with Crippen LogP contribution in [-0.4, -0.2) is 107 Å². The van der Waals surface area contributed by atoms with Crippen molar-refractivity contribution in [2.24, 2.45) is 10.8 Å². The summed E-state index contributed by atoms with van der Waals surface area (Å²) in [5.74, 6) is -0.643. The number of hydrogen-bond acceptors (Lipinski definition) is 11. The first-order valence-electron chi connectivity index (χ1n) is 19.0. The zero-order chi connectivity index (χ0) is 38.2. The van der Waals surface area contributed by atoms with Crippen LogP contribution in [0.5, 0.6) is 0 Å². The second-order valence-corrected chi connectivity index (χ2v) is 16.4. The molecule has 0 atom stereocenters. The fourth-order valence-corrected chi connectivity index (χ4v) is 4.89. The third-order valence-electron chi connectivity index (χ3n) is 7.72. The number of nitrogens with one attached hydrogen (secondary N) is 1. The standard InChI is InChI=1S/C39H72N4O8/c1-37(2,3)16-12-20-47-24-28-50-27-23-46-19-11-10-15-31(44)32-34(39(7,8)9)42-33(35(40)43-32)36(45)41-18-14-22-49-26-30-51-29-25-48-21-13-17-38(4,5)6/h10-30H2,1-9H3,(H2,40,43)(H,41,45). The number of carbonyl (C=O) groups is 2. The number of nitrogen functional groups attached to an aromatic ring is 1. The Morgan fingerprint density at radius 1 is 0.549 bits per heavy atom. The Hall–Kier alpha value is -2.22. The molecule has 12 heteroatoms. The summed E-state index contributed by atoms with van der Waals surface area (Å²) in [6.45, 7) is 26.3. The predicted octanol–water partition coefficient (Wildman–Crippen LogP) is 6.58. The molecule has 0 saturated heterocycles. The summed E-state index contributed by atoms with van der Waals surface area (Å²) in [6.07, 6.45) is 6.64. The summed E-state index contributed by atoms with van der Waals surface area (Å²) < 4.78 is 33.6. The molecule has 0 radical (unpaired) electrons. The smallest absolute Gasteiger partial charge is 0.273 e. The number of aromatic nitrogens is 2. The highest BCUT2D eigenvalue weighted by molar-refractivity contribution is 5.99. The maximum atomic E-state index is 13.2. The SMILES string of the molecule is CC(C)(C)CCCOCCOCCOCCCCC(=O)c1nc(N)c(C(=O)NCCCOCCOCCOCCCC(C)(C)C)nc1C(C)(C)C. The van der Waals surface area contributed by atoms with Crippen LogP contribution in [-0.2, 0) is 33.8 Å². The van der Waals surface area contributed by atoms with Crippen LogP contribution < -0.4 is 11.1 Å². The molecule has 1 amide bonds. The lowest BCUT2D eigenvalue weighted by molar-refractivity contribution is 0.0124. The molecular weight excluding hydrogens is 652 g/mol. The van der Waals surface area contributed by atoms with E-state index in [-0.39, 0.29) is 29.4 Å². The van der Waals surface area contributed by atoms with Crippen molar-refractivity contribution in [2.45, 2.75) is 119 Å². The lowest BCUT2D eigenvalue weighted by Gasteiger charge is -2.22. The van der Waals surface area contributed by atoms with Gasteiger partial charge < -0.3 is 39.5 Å². The van der Waals surface area contributed by atoms with Crippen molar-refractivity contribution in [1.29, 1.82) is 0 Å². The Morgan fingerprint density at radius 3 is 1.39 bits per heavy atom. The topological polar surface area (TPSA) is 153 Å². The summed E-state index contributed by atoms with van der Waals surface area (Å²) in [5, 5.41) is 2.83. The molecule has 51 heavy (non-hydrogen) atoms. The molecule has 0 aliphatic heterocycles. The Labute approximate surface area is 309 Å². The molecule has 0 bridgehead atoms. The lowest BCUT2D eigenvalue weighted by atomic mass is 9.88. The van der Waals surface area contributed by atoms with Gasteiger partial charge in [0.25, 0.3) is 5.91 Å². The Kier molecular flexibility index (Phi) is 23.6. The highest BCUT2D eigenvalue weighted by atomic mass is 16.5. The molecule has 1 heterocycles. The van der Waals surface area contributed by atoms with E-state index >= 15 is 0 Å². The van der Waals surface area contributed by atoms with Gasteiger partial charge in [0.15, 0.2) is 17.3 Å². The lowest BCUT2D eigenvalue weighted by Crippen LogP contribution is -2.30. The molecule has 3 N–H and O–H groups in total. The van der Waals surface area contributed by atoms with Crippen LogP contribution in [0, 0.1) is 10.8 Å². The van der Waals surface area contributed by atoms with Gasteiger partial charge in [0.1, 0.15) is 5.69 Å². The van der Waals surface area contributed by atoms with Crippen molar-refractivity contribution >= 4 is 17.5 Å². The number of rotatable bonds is 29. The average molecular weight is 725 g/mol. The van der Waals surface area contributed by atoms with E-state index in [1.165, 1.54) is 0 Å². The van der Waals surface area contributed by atoms with Crippen LogP contribution in [0.3, 0.4) is 0 Å². The highest BCUT2D eigenvalue weighted by Gasteiger charge is 2.28. The molecule has 0 unspecified atom stereocenters. The summed E-state index contributed by atoms with van der Waals surface area (Å²) in [7, 11) is 0. The fraction of sp³-hybridized carbons (Fsp3) is 0.846. The number of anilines is 1. The van der Waals surface area contributed by atoms with Gasteiger partial charge in [-0.3, -0.25) is 9.59 Å². The van der Waals surface area contributed by atoms with E-state index in [9.17, 15) is 9.59 Å². The minimum atomic E-state index is -0.518. The van der Waals surface area contributed by atoms with E-state index in [2.05, 4.69) is 56.8 Å². The maximum absolute atomic E-state index is 13.2. The van der Waals surface area contributed by atoms with Gasteiger partial charge >= 0.3 is 0 Å². The Bertz CT molecular complexity index is 1100. The predicted molar refractivity (Wildman–Crippen MR) is 203 cm³/mol. The molecular formula is C39H72N4O8. The quantitative estimate of drug-likeness (QED) is 0.0680. The van der Waals surface area contributed by atoms with Gasteiger partial charge in [-0.25, -0.2) is 9.97 Å². The normalized spacial score (nSPS) is 12.4. The minimum Gasteiger partial charge on any atom is -0.382 e. The third-order valence-corrected chi connectivity index (χ3v) is 7.72. The molecule has 1 aromatic heterocycles. The van der Waals surface area contributed by atoms with Gasteiger partial charge in [-0.2, -0.15) is 0 Å². The number of ketones is 1. The van der Waals surface area contributed by atoms with Crippen molar-refractivity contribution in [3.63, 3.8) is 0 Å². The van der Waals surface area contributed by atoms with Crippen molar-refractivity contribution < 1.29 is 38.0 Å². The minimum absolute atomic E-state index is 0.0223. The van der Waals surface area contributed by atoms with Gasteiger partial charge in [-0.1, -0.05) is 62.3 Å². The number of hydrogen-bond donors (Lipinski definition) is 2. The zero-order valence-corrected chi connectivity index (χ0v) is 33.6. The number of nitrogens with zero attached hydrogens (tertiary/aromatic N) is 2. The van der Waals surface area contributed by atoms with Crippen LogP contribution in [0.25, 0.3) is 0 Å². The van der Waals surface area contributed by atoms with E-state index in [1.807, 2.05) is 20.8 Å². The molecule has 296 valence electrons. The zero-order valence-electron chi connectivity index (χ0n) is 33.6. The van der Waals surface area contributed by atoms with Gasteiger partial charge in [0.2, 0.25) is 0 Å². The number of carbonyl (C=O) groups excluding carboxylic acids is 2. The first-order chi connectivity index (χ1) is 24.0. The van der Waals surface area contributed by atoms with Crippen molar-refractivity contribution in [2.75, 3.05) is 91.6 Å². The molecule has 0 spiro atoms. The monoisotopic (exact) mass is 725 g/mol. The van der Waals surface area contributed by atoms with Crippen LogP contribution in [0.2, 0.25) is 0 Å². The Balaban J connectivity index is 2.28. The molecule has 1 rings (SSSR count). The average Bonchev–Trinajstić information content (AvgIpc) is 3.03. The molecule has 12 nitrogen and oxygen atoms in total. The molecule has 0 fully saturated rings. The molecule has 0 saturated carbocycles. The van der Waals surface area contributed by atoms with Gasteiger partial charge in [0, 0.05) is 44.8 Å². The summed E-state index contributed by atoms with van der Waals surface area (Å²) in [5.41, 5.74) is 7.00. The summed E-state index contributed by atoms with van der Waals surface area (Å²) >= 11 is 0. The summed E-state index contributed by atoms with van der Waals surface area (Å²) in [4.78, 5) is 35.0. The van der Waals surface area contributed by atoms with Gasteiger partial charge in [-0.05, 0) is 55.8 Å². The van der Waals surface area contributed by atoms with Gasteiger partial charge in [0.05, 0.1) is 58.5 Å². The molecule has 0 aliphatic carbocycles. The summed E-state index contributed by atoms with van der Waals surface area (Å²) in [6, 6.07) is 0. The molecule has 1 aromatic rings. The van der Waals surface area contributed by atoms with Crippen molar-refractivity contribution in [3.05, 3.63) is 17.1 Å². The van der Waals surface area contributed by atoms with E-state index in [0.29, 0.717) is 102 Å². The van der Waals surface area contributed by atoms with E-state index in [0.717, 1.165) is 45.3 Å². The third kappa shape index (κ3) is 24.6. The Morgan fingerprint density at radius 2 is 0.961 bits per heavy atom. The molecule has 0 aromatic carbocycles. The van der Waals surface area contributed by atoms with Crippen molar-refractivity contribution in [3.8, 4) is 0 Å². The second kappa shape index (κ2) is 25.7. The maximum Gasteiger partial charge on any atom is 0.273 e. The second-order valence-electron chi connectivity index (χ2n) is 16.4. The van der Waals surface area contributed by atoms with Gasteiger partial charge in [-0.15, -0.1) is 0 Å². The van der Waals surface area contributed by atoms with E-state index in [1.54, 1.807) is 0 Å². The molecule has 0 aliphatic rings. The first kappa shape index (κ1) is 46.8. The number of nitrogens with two attached hydrogens (primary N) is 1. The number of Topliss-reactive ketones (excluding diaryl/α,β-unsaturated/α-hetero) is 1. The van der Waals surface area contributed by atoms with Crippen LogP contribution in [0.4, 0.5) is 5.82 Å². The van der Waals surface area contributed by atoms with Crippen LogP contribution >= 0.6 is 0 Å².